The van der Waals surface area contributed by atoms with Gasteiger partial charge in [-0.25, -0.2) is 8.42 Å². The van der Waals surface area contributed by atoms with Crippen LogP contribution in [-0.2, 0) is 10.0 Å². The summed E-state index contributed by atoms with van der Waals surface area (Å²) in [6.07, 6.45) is 1.52. The molecule has 1 aliphatic rings. The van der Waals surface area contributed by atoms with Gasteiger partial charge in [-0.3, -0.25) is 10.1 Å². The van der Waals surface area contributed by atoms with E-state index in [2.05, 4.69) is 5.32 Å². The molecule has 1 saturated heterocycles. The van der Waals surface area contributed by atoms with Crippen LogP contribution < -0.4 is 5.32 Å². The first-order chi connectivity index (χ1) is 11.3. The molecule has 1 heterocycles. The summed E-state index contributed by atoms with van der Waals surface area (Å²) >= 11 is 6.02. The van der Waals surface area contributed by atoms with E-state index in [1.165, 1.54) is 16.4 Å². The van der Waals surface area contributed by atoms with Crippen molar-refractivity contribution in [3.8, 4) is 0 Å². The number of hydrogen-bond donors (Lipinski definition) is 1. The Morgan fingerprint density at radius 2 is 2.00 bits per heavy atom. The van der Waals surface area contributed by atoms with Crippen LogP contribution in [0.5, 0.6) is 0 Å². The average molecular weight is 376 g/mol. The van der Waals surface area contributed by atoms with Gasteiger partial charge in [0.2, 0.25) is 10.0 Å². The van der Waals surface area contributed by atoms with Gasteiger partial charge in [0.15, 0.2) is 0 Å². The van der Waals surface area contributed by atoms with Gasteiger partial charge < -0.3 is 5.32 Å². The highest BCUT2D eigenvalue weighted by Crippen LogP contribution is 2.35. The van der Waals surface area contributed by atoms with Gasteiger partial charge in [0.1, 0.15) is 9.92 Å². The molecule has 7 nitrogen and oxygen atoms in total. The Labute approximate surface area is 147 Å². The van der Waals surface area contributed by atoms with Crippen molar-refractivity contribution < 1.29 is 13.3 Å². The highest BCUT2D eigenvalue weighted by atomic mass is 35.5. The Morgan fingerprint density at radius 1 is 1.38 bits per heavy atom. The topological polar surface area (TPSA) is 92.6 Å². The zero-order valence-corrected chi connectivity index (χ0v) is 15.4. The fourth-order valence-corrected chi connectivity index (χ4v) is 4.99. The molecule has 1 aliphatic heterocycles. The van der Waals surface area contributed by atoms with Crippen molar-refractivity contribution >= 4 is 27.3 Å². The molecule has 0 saturated carbocycles. The predicted octanol–water partition coefficient (Wildman–Crippen LogP) is 2.57. The van der Waals surface area contributed by atoms with E-state index >= 15 is 0 Å². The molecule has 0 amide bonds. The molecule has 0 aliphatic carbocycles. The Hall–Kier alpha value is -1.22. The molecule has 0 radical (unpaired) electrons. The van der Waals surface area contributed by atoms with Crippen LogP contribution in [0.2, 0.25) is 5.02 Å². The first kappa shape index (κ1) is 19.1. The Kier molecular flexibility index (Phi) is 6.19. The number of halogens is 1. The maximum atomic E-state index is 12.9. The lowest BCUT2D eigenvalue weighted by atomic mass is 9.98. The van der Waals surface area contributed by atoms with Gasteiger partial charge >= 0.3 is 0 Å². The van der Waals surface area contributed by atoms with Crippen molar-refractivity contribution in [3.63, 3.8) is 0 Å². The molecule has 1 N–H and O–H groups in total. The Balaban J connectivity index is 2.24. The zero-order chi connectivity index (χ0) is 17.9. The summed E-state index contributed by atoms with van der Waals surface area (Å²) in [5.74, 6) is 0.443. The summed E-state index contributed by atoms with van der Waals surface area (Å²) in [5, 5.41) is 14.0. The average Bonchev–Trinajstić information content (AvgIpc) is 2.54. The predicted molar refractivity (Wildman–Crippen MR) is 92.9 cm³/mol. The third-order valence-corrected chi connectivity index (χ3v) is 6.67. The maximum Gasteiger partial charge on any atom is 0.289 e. The SMILES string of the molecule is CCNCC1CCN(S(=O)(=O)c2cc(C)cc([N+](=O)[O-])c2Cl)CC1. The molecule has 0 unspecified atom stereocenters. The molecule has 0 aromatic heterocycles. The monoisotopic (exact) mass is 375 g/mol. The molecule has 9 heteroatoms. The van der Waals surface area contributed by atoms with Crippen LogP contribution in [0.25, 0.3) is 0 Å². The fourth-order valence-electron chi connectivity index (χ4n) is 2.88. The molecular weight excluding hydrogens is 354 g/mol. The standard InChI is InChI=1S/C15H22ClN3O4S/c1-3-17-10-12-4-6-18(7-5-12)24(22,23)14-9-11(2)8-13(15(14)16)19(20)21/h8-9,12,17H,3-7,10H2,1-2H3. The second kappa shape index (κ2) is 7.77. The summed E-state index contributed by atoms with van der Waals surface area (Å²) < 4.78 is 27.1. The smallest absolute Gasteiger partial charge is 0.289 e. The number of sulfonamides is 1. The molecule has 1 aromatic rings. The third kappa shape index (κ3) is 4.05. The van der Waals surface area contributed by atoms with Crippen molar-refractivity contribution in [1.29, 1.82) is 0 Å². The van der Waals surface area contributed by atoms with Gasteiger partial charge in [-0.1, -0.05) is 18.5 Å². The summed E-state index contributed by atoms with van der Waals surface area (Å²) in [6.45, 7) is 6.21. The van der Waals surface area contributed by atoms with Crippen molar-refractivity contribution in [1.82, 2.24) is 9.62 Å². The van der Waals surface area contributed by atoms with Crippen molar-refractivity contribution in [2.75, 3.05) is 26.2 Å². The normalized spacial score (nSPS) is 17.1. The zero-order valence-electron chi connectivity index (χ0n) is 13.8. The van der Waals surface area contributed by atoms with Crippen molar-refractivity contribution in [2.24, 2.45) is 5.92 Å². The van der Waals surface area contributed by atoms with E-state index in [1.54, 1.807) is 6.92 Å². The van der Waals surface area contributed by atoms with E-state index in [9.17, 15) is 18.5 Å². The number of benzene rings is 1. The number of hydrogen-bond acceptors (Lipinski definition) is 5. The molecular formula is C15H22ClN3O4S. The molecule has 1 aromatic carbocycles. The molecule has 1 fully saturated rings. The molecule has 0 spiro atoms. The quantitative estimate of drug-likeness (QED) is 0.609. The summed E-state index contributed by atoms with van der Waals surface area (Å²) in [7, 11) is -3.84. The van der Waals surface area contributed by atoms with Crippen LogP contribution in [0.15, 0.2) is 17.0 Å². The van der Waals surface area contributed by atoms with Crippen LogP contribution in [-0.4, -0.2) is 43.8 Å². The first-order valence-electron chi connectivity index (χ1n) is 7.92. The Morgan fingerprint density at radius 3 is 2.54 bits per heavy atom. The van der Waals surface area contributed by atoms with Gasteiger partial charge in [-0.2, -0.15) is 4.31 Å². The van der Waals surface area contributed by atoms with Gasteiger partial charge in [-0.05, 0) is 50.4 Å². The lowest BCUT2D eigenvalue weighted by molar-refractivity contribution is -0.385. The molecule has 2 rings (SSSR count). The third-order valence-electron chi connectivity index (χ3n) is 4.24. The van der Waals surface area contributed by atoms with Gasteiger partial charge in [0, 0.05) is 19.2 Å². The fraction of sp³-hybridized carbons (Fsp3) is 0.600. The highest BCUT2D eigenvalue weighted by molar-refractivity contribution is 7.89. The number of nitro groups is 1. The molecule has 0 bridgehead atoms. The molecule has 0 atom stereocenters. The number of nitrogens with one attached hydrogen (secondary N) is 1. The molecule has 134 valence electrons. The maximum absolute atomic E-state index is 12.9. The van der Waals surface area contributed by atoms with E-state index in [0.717, 1.165) is 25.9 Å². The van der Waals surface area contributed by atoms with E-state index in [-0.39, 0.29) is 15.6 Å². The van der Waals surface area contributed by atoms with Crippen molar-refractivity contribution in [2.45, 2.75) is 31.6 Å². The van der Waals surface area contributed by atoms with Crippen LogP contribution in [0, 0.1) is 23.0 Å². The van der Waals surface area contributed by atoms with E-state index < -0.39 is 14.9 Å². The minimum absolute atomic E-state index is 0.180. The minimum Gasteiger partial charge on any atom is -0.317 e. The first-order valence-corrected chi connectivity index (χ1v) is 9.74. The number of piperidine rings is 1. The minimum atomic E-state index is -3.84. The van der Waals surface area contributed by atoms with Crippen LogP contribution in [0.4, 0.5) is 5.69 Å². The van der Waals surface area contributed by atoms with Crippen LogP contribution >= 0.6 is 11.6 Å². The highest BCUT2D eigenvalue weighted by Gasteiger charge is 2.33. The van der Waals surface area contributed by atoms with Crippen LogP contribution in [0.3, 0.4) is 0 Å². The second-order valence-corrected chi connectivity index (χ2v) is 8.29. The van der Waals surface area contributed by atoms with Gasteiger partial charge in [0.05, 0.1) is 4.92 Å². The van der Waals surface area contributed by atoms with Gasteiger partial charge in [0.25, 0.3) is 5.69 Å². The van der Waals surface area contributed by atoms with Crippen molar-refractivity contribution in [3.05, 3.63) is 32.8 Å². The summed E-state index contributed by atoms with van der Waals surface area (Å²) in [4.78, 5) is 10.2. The van der Waals surface area contributed by atoms with Crippen LogP contribution in [0.1, 0.15) is 25.3 Å². The summed E-state index contributed by atoms with van der Waals surface area (Å²) in [5.41, 5.74) is 0.115. The number of aryl methyl sites for hydroxylation is 1. The molecule has 24 heavy (non-hydrogen) atoms. The summed E-state index contributed by atoms with van der Waals surface area (Å²) in [6, 6.07) is 2.68. The lowest BCUT2D eigenvalue weighted by Gasteiger charge is -2.31. The van der Waals surface area contributed by atoms with E-state index in [1.807, 2.05) is 6.92 Å². The Bertz CT molecular complexity index is 716. The number of nitrogens with zero attached hydrogens (tertiary/aromatic N) is 2. The van der Waals surface area contributed by atoms with E-state index in [4.69, 9.17) is 11.6 Å². The van der Waals surface area contributed by atoms with E-state index in [0.29, 0.717) is 24.6 Å². The number of nitro benzene ring substituents is 1. The largest absolute Gasteiger partial charge is 0.317 e. The number of rotatable bonds is 6. The lowest BCUT2D eigenvalue weighted by Crippen LogP contribution is -2.40. The second-order valence-electron chi connectivity index (χ2n) is 6.01. The van der Waals surface area contributed by atoms with Gasteiger partial charge in [-0.15, -0.1) is 0 Å².